The van der Waals surface area contributed by atoms with Crippen molar-refractivity contribution in [2.24, 2.45) is 0 Å². The number of aliphatic hydroxyl groups excluding tert-OH is 1. The molecule has 2 rings (SSSR count). The number of nitrogens with one attached hydrogen (secondary N) is 1. The van der Waals surface area contributed by atoms with Crippen LogP contribution < -0.4 is 5.32 Å². The Balaban J connectivity index is 1.99. The van der Waals surface area contributed by atoms with Gasteiger partial charge >= 0.3 is 0 Å². The Kier molecular flexibility index (Phi) is 6.37. The van der Waals surface area contributed by atoms with Crippen LogP contribution in [-0.2, 0) is 12.3 Å². The van der Waals surface area contributed by atoms with E-state index in [9.17, 15) is 10.1 Å². The van der Waals surface area contributed by atoms with Crippen molar-refractivity contribution in [1.82, 2.24) is 4.98 Å². The van der Waals surface area contributed by atoms with Gasteiger partial charge in [-0.05, 0) is 30.2 Å². The quantitative estimate of drug-likeness (QED) is 0.438. The minimum absolute atomic E-state index is 0.131. The van der Waals surface area contributed by atoms with Gasteiger partial charge in [0.1, 0.15) is 5.82 Å². The fraction of sp³-hybridized carbons (Fsp3) is 0.312. The topological polar surface area (TPSA) is 88.3 Å². The van der Waals surface area contributed by atoms with Gasteiger partial charge in [0, 0.05) is 35.9 Å². The van der Waals surface area contributed by atoms with Crippen molar-refractivity contribution >= 4 is 23.3 Å². The number of nitro benzene ring substituents is 1. The third-order valence-corrected chi connectivity index (χ3v) is 4.28. The molecule has 0 saturated heterocycles. The van der Waals surface area contributed by atoms with Gasteiger partial charge in [-0.2, -0.15) is 11.8 Å². The summed E-state index contributed by atoms with van der Waals surface area (Å²) in [7, 11) is 0. The number of aromatic nitrogens is 1. The Morgan fingerprint density at radius 3 is 2.87 bits per heavy atom. The molecule has 0 saturated carbocycles. The van der Waals surface area contributed by atoms with Crippen LogP contribution in [0.1, 0.15) is 16.7 Å². The molecule has 23 heavy (non-hydrogen) atoms. The maximum Gasteiger partial charge on any atom is 0.272 e. The molecule has 1 heterocycles. The number of anilines is 1. The molecule has 2 aromatic rings. The third kappa shape index (κ3) is 5.22. The number of nitrogens with zero attached hydrogens (tertiary/aromatic N) is 2. The highest BCUT2D eigenvalue weighted by Gasteiger charge is 2.10. The van der Waals surface area contributed by atoms with E-state index in [0.29, 0.717) is 17.9 Å². The number of rotatable bonds is 8. The average molecular weight is 333 g/mol. The predicted octanol–water partition coefficient (Wildman–Crippen LogP) is 3.14. The van der Waals surface area contributed by atoms with Gasteiger partial charge in [-0.3, -0.25) is 10.1 Å². The molecule has 1 aromatic heterocycles. The summed E-state index contributed by atoms with van der Waals surface area (Å²) in [6.45, 7) is 2.37. The molecule has 0 bridgehead atoms. The van der Waals surface area contributed by atoms with E-state index in [1.54, 1.807) is 37.0 Å². The molecule has 1 aromatic carbocycles. The first-order chi connectivity index (χ1) is 11.1. The van der Waals surface area contributed by atoms with Gasteiger partial charge in [0.25, 0.3) is 5.69 Å². The molecule has 0 fully saturated rings. The van der Waals surface area contributed by atoms with Crippen LogP contribution in [-0.4, -0.2) is 27.4 Å². The van der Waals surface area contributed by atoms with Crippen LogP contribution in [0.2, 0.25) is 0 Å². The minimum Gasteiger partial charge on any atom is -0.396 e. The van der Waals surface area contributed by atoms with Crippen LogP contribution in [0.15, 0.2) is 36.5 Å². The van der Waals surface area contributed by atoms with Crippen LogP contribution in [0.4, 0.5) is 11.5 Å². The monoisotopic (exact) mass is 333 g/mol. The van der Waals surface area contributed by atoms with Gasteiger partial charge in [0.15, 0.2) is 0 Å². The maximum atomic E-state index is 11.0. The molecule has 0 aliphatic rings. The lowest BCUT2D eigenvalue weighted by Gasteiger charge is -2.08. The molecule has 7 heteroatoms. The number of benzene rings is 1. The second-order valence-electron chi connectivity index (χ2n) is 5.06. The standard InChI is InChI=1S/C16H19N3O3S/c1-12-2-3-13(8-15(12)19(21)22)10-18-16-9-14(4-5-17-16)11-23-7-6-20/h2-5,8-9,20H,6-7,10-11H2,1H3,(H,17,18). The highest BCUT2D eigenvalue weighted by Crippen LogP contribution is 2.20. The Bertz CT molecular complexity index is 679. The Labute approximate surface area is 139 Å². The van der Waals surface area contributed by atoms with Crippen molar-refractivity contribution in [2.45, 2.75) is 19.2 Å². The van der Waals surface area contributed by atoms with Gasteiger partial charge in [-0.25, -0.2) is 4.98 Å². The van der Waals surface area contributed by atoms with Gasteiger partial charge < -0.3 is 10.4 Å². The largest absolute Gasteiger partial charge is 0.396 e. The average Bonchev–Trinajstić information content (AvgIpc) is 2.54. The molecular weight excluding hydrogens is 314 g/mol. The van der Waals surface area contributed by atoms with Crippen LogP contribution in [0.5, 0.6) is 0 Å². The summed E-state index contributed by atoms with van der Waals surface area (Å²) in [6, 6.07) is 9.10. The predicted molar refractivity (Wildman–Crippen MR) is 92.6 cm³/mol. The molecular formula is C16H19N3O3S. The minimum atomic E-state index is -0.365. The number of hydrogen-bond donors (Lipinski definition) is 2. The van der Waals surface area contributed by atoms with E-state index < -0.39 is 0 Å². The van der Waals surface area contributed by atoms with Crippen LogP contribution >= 0.6 is 11.8 Å². The zero-order chi connectivity index (χ0) is 16.7. The summed E-state index contributed by atoms with van der Waals surface area (Å²) in [5, 5.41) is 23.0. The number of aliphatic hydroxyl groups is 1. The number of nitro groups is 1. The molecule has 2 N–H and O–H groups in total. The van der Waals surface area contributed by atoms with E-state index in [1.165, 1.54) is 0 Å². The fourth-order valence-corrected chi connectivity index (χ4v) is 2.76. The summed E-state index contributed by atoms with van der Waals surface area (Å²) in [5.41, 5.74) is 2.74. The third-order valence-electron chi connectivity index (χ3n) is 3.27. The summed E-state index contributed by atoms with van der Waals surface area (Å²) in [6.07, 6.45) is 1.73. The van der Waals surface area contributed by atoms with Gasteiger partial charge in [-0.15, -0.1) is 0 Å². The first kappa shape index (κ1) is 17.2. The van der Waals surface area contributed by atoms with E-state index in [1.807, 2.05) is 18.2 Å². The Hall–Kier alpha value is -2.12. The summed E-state index contributed by atoms with van der Waals surface area (Å²) in [4.78, 5) is 14.9. The van der Waals surface area contributed by atoms with Crippen molar-refractivity contribution in [1.29, 1.82) is 0 Å². The smallest absolute Gasteiger partial charge is 0.272 e. The van der Waals surface area contributed by atoms with Crippen LogP contribution in [0.3, 0.4) is 0 Å². The number of pyridine rings is 1. The molecule has 0 amide bonds. The van der Waals surface area contributed by atoms with Crippen molar-refractivity contribution in [3.8, 4) is 0 Å². The molecule has 122 valence electrons. The van der Waals surface area contributed by atoms with E-state index in [4.69, 9.17) is 5.11 Å². The number of hydrogen-bond acceptors (Lipinski definition) is 6. The lowest BCUT2D eigenvalue weighted by Crippen LogP contribution is -2.03. The molecule has 0 aliphatic heterocycles. The lowest BCUT2D eigenvalue weighted by molar-refractivity contribution is -0.385. The number of thioether (sulfide) groups is 1. The molecule has 0 spiro atoms. The Morgan fingerprint density at radius 1 is 1.30 bits per heavy atom. The number of aryl methyl sites for hydroxylation is 1. The molecule has 0 radical (unpaired) electrons. The second-order valence-corrected chi connectivity index (χ2v) is 6.16. The second kappa shape index (κ2) is 8.50. The zero-order valence-corrected chi connectivity index (χ0v) is 13.7. The first-order valence-corrected chi connectivity index (χ1v) is 8.37. The van der Waals surface area contributed by atoms with E-state index in [2.05, 4.69) is 10.3 Å². The maximum absolute atomic E-state index is 11.0. The fourth-order valence-electron chi connectivity index (χ4n) is 2.07. The van der Waals surface area contributed by atoms with Crippen molar-refractivity contribution < 1.29 is 10.0 Å². The summed E-state index contributed by atoms with van der Waals surface area (Å²) in [5.74, 6) is 2.25. The lowest BCUT2D eigenvalue weighted by atomic mass is 10.1. The van der Waals surface area contributed by atoms with Gasteiger partial charge in [0.2, 0.25) is 0 Å². The summed E-state index contributed by atoms with van der Waals surface area (Å²) < 4.78 is 0. The van der Waals surface area contributed by atoms with Crippen LogP contribution in [0.25, 0.3) is 0 Å². The SMILES string of the molecule is Cc1ccc(CNc2cc(CSCCO)ccn2)cc1[N+](=O)[O-]. The molecule has 0 aliphatic carbocycles. The van der Waals surface area contributed by atoms with Crippen molar-refractivity contribution in [3.05, 3.63) is 63.3 Å². The van der Waals surface area contributed by atoms with Gasteiger partial charge in [-0.1, -0.05) is 12.1 Å². The molecule has 0 unspecified atom stereocenters. The normalized spacial score (nSPS) is 10.5. The van der Waals surface area contributed by atoms with E-state index in [-0.39, 0.29) is 17.2 Å². The first-order valence-electron chi connectivity index (χ1n) is 7.21. The highest BCUT2D eigenvalue weighted by atomic mass is 32.2. The van der Waals surface area contributed by atoms with E-state index >= 15 is 0 Å². The van der Waals surface area contributed by atoms with Crippen molar-refractivity contribution in [3.63, 3.8) is 0 Å². The summed E-state index contributed by atoms with van der Waals surface area (Å²) >= 11 is 1.66. The van der Waals surface area contributed by atoms with Crippen molar-refractivity contribution in [2.75, 3.05) is 17.7 Å². The zero-order valence-electron chi connectivity index (χ0n) is 12.9. The molecule has 6 nitrogen and oxygen atoms in total. The highest BCUT2D eigenvalue weighted by molar-refractivity contribution is 7.98. The molecule has 0 atom stereocenters. The Morgan fingerprint density at radius 2 is 2.13 bits per heavy atom. The van der Waals surface area contributed by atoms with Crippen LogP contribution in [0, 0.1) is 17.0 Å². The van der Waals surface area contributed by atoms with E-state index in [0.717, 1.165) is 22.7 Å². The van der Waals surface area contributed by atoms with Gasteiger partial charge in [0.05, 0.1) is 11.5 Å².